The van der Waals surface area contributed by atoms with Gasteiger partial charge in [-0.1, -0.05) is 0 Å². The zero-order chi connectivity index (χ0) is 16.5. The fourth-order valence-electron chi connectivity index (χ4n) is 4.80. The number of likely N-dealkylation sites (tertiary alicyclic amines) is 1. The van der Waals surface area contributed by atoms with Crippen molar-refractivity contribution in [1.82, 2.24) is 4.90 Å². The highest BCUT2D eigenvalue weighted by Gasteiger charge is 2.57. The minimum absolute atomic E-state index is 0.0730. The molecule has 3 aliphatic carbocycles. The summed E-state index contributed by atoms with van der Waals surface area (Å²) in [5.41, 5.74) is -0.518. The molecule has 23 heavy (non-hydrogen) atoms. The Hall–Kier alpha value is -1.10. The molecule has 0 aromatic rings. The fraction of sp³-hybridized carbons (Fsp3) is 0.889. The molecule has 1 saturated heterocycles. The number of amides is 1. The van der Waals surface area contributed by atoms with E-state index in [0.29, 0.717) is 11.8 Å². The largest absolute Gasteiger partial charge is 0.469 e. The quantitative estimate of drug-likeness (QED) is 0.729. The number of nitrogens with zero attached hydrogens (tertiary/aromatic N) is 1. The summed E-state index contributed by atoms with van der Waals surface area (Å²) in [6.07, 6.45) is 5.99. The number of carbonyl (C=O) groups is 2. The number of ether oxygens (including phenoxy) is 2. The summed E-state index contributed by atoms with van der Waals surface area (Å²) in [6.45, 7) is 5.21. The summed E-state index contributed by atoms with van der Waals surface area (Å²) in [5.74, 6) is 0.738. The minimum atomic E-state index is -0.306. The van der Waals surface area contributed by atoms with Crippen LogP contribution in [0.2, 0.25) is 0 Å². The lowest BCUT2D eigenvalue weighted by Crippen LogP contribution is -2.53. The summed E-state index contributed by atoms with van der Waals surface area (Å²) >= 11 is 0. The van der Waals surface area contributed by atoms with Gasteiger partial charge in [0, 0.05) is 31.0 Å². The van der Waals surface area contributed by atoms with Gasteiger partial charge in [-0.15, -0.1) is 0 Å². The van der Waals surface area contributed by atoms with Crippen LogP contribution >= 0.6 is 0 Å². The second-order valence-electron chi connectivity index (χ2n) is 7.62. The highest BCUT2D eigenvalue weighted by molar-refractivity contribution is 5.85. The zero-order valence-electron chi connectivity index (χ0n) is 14.4. The van der Waals surface area contributed by atoms with Crippen molar-refractivity contribution in [3.8, 4) is 0 Å². The third-order valence-electron chi connectivity index (χ3n) is 6.45. The molecule has 0 aromatic carbocycles. The van der Waals surface area contributed by atoms with Gasteiger partial charge < -0.3 is 14.4 Å². The van der Waals surface area contributed by atoms with Crippen LogP contribution in [0.3, 0.4) is 0 Å². The fourth-order valence-corrected chi connectivity index (χ4v) is 4.80. The van der Waals surface area contributed by atoms with Crippen molar-refractivity contribution in [1.29, 1.82) is 0 Å². The number of hydrogen-bond acceptors (Lipinski definition) is 4. The number of rotatable bonds is 5. The van der Waals surface area contributed by atoms with Crippen LogP contribution < -0.4 is 0 Å². The zero-order valence-corrected chi connectivity index (χ0v) is 14.4. The normalized spacial score (nSPS) is 36.3. The van der Waals surface area contributed by atoms with Gasteiger partial charge in [0.2, 0.25) is 5.91 Å². The molecule has 0 aromatic heterocycles. The summed E-state index contributed by atoms with van der Waals surface area (Å²) in [6, 6.07) is 0. The van der Waals surface area contributed by atoms with E-state index in [9.17, 15) is 9.59 Å². The van der Waals surface area contributed by atoms with E-state index in [2.05, 4.69) is 4.90 Å². The third-order valence-corrected chi connectivity index (χ3v) is 6.45. The van der Waals surface area contributed by atoms with Gasteiger partial charge in [-0.3, -0.25) is 9.59 Å². The van der Waals surface area contributed by atoms with Crippen molar-refractivity contribution < 1.29 is 19.1 Å². The van der Waals surface area contributed by atoms with Crippen molar-refractivity contribution in [3.05, 3.63) is 0 Å². The molecule has 1 unspecified atom stereocenters. The lowest BCUT2D eigenvalue weighted by Gasteiger charge is -2.51. The van der Waals surface area contributed by atoms with E-state index in [4.69, 9.17) is 9.47 Å². The van der Waals surface area contributed by atoms with E-state index in [1.807, 2.05) is 6.92 Å². The molecule has 4 aliphatic rings. The third kappa shape index (κ3) is 2.88. The molecule has 0 N–H and O–H groups in total. The average Bonchev–Trinajstić information content (AvgIpc) is 3.08. The summed E-state index contributed by atoms with van der Waals surface area (Å²) in [4.78, 5) is 27.3. The van der Waals surface area contributed by atoms with Gasteiger partial charge in [0.05, 0.1) is 19.1 Å². The Bertz CT molecular complexity index is 451. The summed E-state index contributed by atoms with van der Waals surface area (Å²) in [5, 5.41) is 0. The molecular formula is C18H29NO4. The van der Waals surface area contributed by atoms with Gasteiger partial charge in [-0.25, -0.2) is 0 Å². The second kappa shape index (κ2) is 6.42. The first kappa shape index (κ1) is 16.7. The molecule has 130 valence electrons. The Labute approximate surface area is 138 Å². The summed E-state index contributed by atoms with van der Waals surface area (Å²) in [7, 11) is 1.47. The van der Waals surface area contributed by atoms with E-state index in [-0.39, 0.29) is 16.8 Å². The van der Waals surface area contributed by atoms with E-state index in [0.717, 1.165) is 71.2 Å². The second-order valence-corrected chi connectivity index (χ2v) is 7.62. The number of fused-ring (bicyclic) bond motifs is 3. The first-order chi connectivity index (χ1) is 11.1. The number of hydrogen-bond donors (Lipinski definition) is 0. The smallest absolute Gasteiger partial charge is 0.311 e. The predicted octanol–water partition coefficient (Wildman–Crippen LogP) is 2.39. The maximum atomic E-state index is 13.1. The molecule has 2 bridgehead atoms. The molecule has 3 saturated carbocycles. The monoisotopic (exact) mass is 323 g/mol. The van der Waals surface area contributed by atoms with Crippen LogP contribution in [0, 0.1) is 16.7 Å². The first-order valence-electron chi connectivity index (χ1n) is 9.01. The van der Waals surface area contributed by atoms with Crippen molar-refractivity contribution in [2.45, 2.75) is 51.9 Å². The molecule has 5 nitrogen and oxygen atoms in total. The molecule has 1 atom stereocenters. The molecule has 0 spiro atoms. The van der Waals surface area contributed by atoms with Crippen molar-refractivity contribution in [3.63, 3.8) is 0 Å². The molecule has 4 rings (SSSR count). The lowest BCUT2D eigenvalue weighted by molar-refractivity contribution is -0.169. The van der Waals surface area contributed by atoms with Crippen molar-refractivity contribution >= 4 is 11.9 Å². The molecule has 5 heteroatoms. The Morgan fingerprint density at radius 1 is 1.09 bits per heavy atom. The predicted molar refractivity (Wildman–Crippen MR) is 85.8 cm³/mol. The molecule has 4 fully saturated rings. The van der Waals surface area contributed by atoms with Gasteiger partial charge in [0.1, 0.15) is 0 Å². The number of esters is 1. The van der Waals surface area contributed by atoms with Crippen LogP contribution in [0.15, 0.2) is 0 Å². The van der Waals surface area contributed by atoms with E-state index in [1.165, 1.54) is 7.11 Å². The maximum Gasteiger partial charge on any atom is 0.311 e. The minimum Gasteiger partial charge on any atom is -0.469 e. The molecule has 1 amide bonds. The Balaban J connectivity index is 1.61. The van der Waals surface area contributed by atoms with Crippen LogP contribution in [0.1, 0.15) is 51.9 Å². The molecule has 1 heterocycles. The molecule has 0 radical (unpaired) electrons. The summed E-state index contributed by atoms with van der Waals surface area (Å²) < 4.78 is 10.5. The van der Waals surface area contributed by atoms with E-state index < -0.39 is 0 Å². The maximum absolute atomic E-state index is 13.1. The van der Waals surface area contributed by atoms with Crippen LogP contribution in [-0.2, 0) is 19.1 Å². The van der Waals surface area contributed by atoms with Crippen LogP contribution in [0.5, 0.6) is 0 Å². The Morgan fingerprint density at radius 3 is 2.26 bits per heavy atom. The SMILES string of the molecule is CCOCC1CCN(C(=O)C23CCC(C(=O)OC)(CC2)CC3)C1. The molecule has 1 aliphatic heterocycles. The van der Waals surface area contributed by atoms with Crippen LogP contribution in [0.4, 0.5) is 0 Å². The first-order valence-corrected chi connectivity index (χ1v) is 9.01. The van der Waals surface area contributed by atoms with Gasteiger partial charge in [0.15, 0.2) is 0 Å². The van der Waals surface area contributed by atoms with Gasteiger partial charge in [-0.2, -0.15) is 0 Å². The Kier molecular flexibility index (Phi) is 4.68. The Morgan fingerprint density at radius 2 is 1.70 bits per heavy atom. The topological polar surface area (TPSA) is 55.8 Å². The standard InChI is InChI=1S/C18H29NO4/c1-3-23-13-14-4-11-19(12-14)15(20)17-5-8-18(9-6-17,10-7-17)16(21)22-2/h14H,3-13H2,1-2H3. The number of carbonyl (C=O) groups excluding carboxylic acids is 2. The number of methoxy groups -OCH3 is 1. The van der Waals surface area contributed by atoms with Gasteiger partial charge in [0.25, 0.3) is 0 Å². The highest BCUT2D eigenvalue weighted by Crippen LogP contribution is 2.58. The van der Waals surface area contributed by atoms with E-state index >= 15 is 0 Å². The van der Waals surface area contributed by atoms with E-state index in [1.54, 1.807) is 0 Å². The lowest BCUT2D eigenvalue weighted by atomic mass is 9.53. The van der Waals surface area contributed by atoms with Crippen LogP contribution in [0.25, 0.3) is 0 Å². The molecular weight excluding hydrogens is 294 g/mol. The van der Waals surface area contributed by atoms with Crippen molar-refractivity contribution in [2.75, 3.05) is 33.4 Å². The van der Waals surface area contributed by atoms with Gasteiger partial charge in [-0.05, 0) is 51.9 Å². The van der Waals surface area contributed by atoms with Crippen LogP contribution in [-0.4, -0.2) is 50.2 Å². The van der Waals surface area contributed by atoms with Crippen molar-refractivity contribution in [2.24, 2.45) is 16.7 Å². The van der Waals surface area contributed by atoms with Gasteiger partial charge >= 0.3 is 5.97 Å². The average molecular weight is 323 g/mol. The highest BCUT2D eigenvalue weighted by atomic mass is 16.5.